The first kappa shape index (κ1) is 19.2. The molecule has 144 valence electrons. The van der Waals surface area contributed by atoms with Crippen LogP contribution in [0.4, 0.5) is 0 Å². The van der Waals surface area contributed by atoms with Gasteiger partial charge in [-0.05, 0) is 42.0 Å². The second-order valence-corrected chi connectivity index (χ2v) is 7.18. The van der Waals surface area contributed by atoms with Crippen molar-refractivity contribution in [1.29, 1.82) is 0 Å². The second kappa shape index (κ2) is 9.40. The maximum absolute atomic E-state index is 12.6. The van der Waals surface area contributed by atoms with Crippen molar-refractivity contribution in [2.45, 2.75) is 39.0 Å². The molecule has 0 atom stereocenters. The molecule has 1 fully saturated rings. The first-order valence-electron chi connectivity index (χ1n) is 9.90. The van der Waals surface area contributed by atoms with E-state index in [1.165, 1.54) is 11.1 Å². The van der Waals surface area contributed by atoms with Crippen molar-refractivity contribution >= 4 is 11.8 Å². The molecule has 1 N–H and O–H groups in total. The molecule has 2 aromatic rings. The molecule has 2 amide bonds. The molecular formula is C22H29N3O2. The molecule has 0 radical (unpaired) electrons. The first-order valence-corrected chi connectivity index (χ1v) is 9.90. The fourth-order valence-electron chi connectivity index (χ4n) is 3.52. The van der Waals surface area contributed by atoms with Crippen LogP contribution in [0, 0.1) is 0 Å². The average molecular weight is 367 g/mol. The summed E-state index contributed by atoms with van der Waals surface area (Å²) in [6.45, 7) is 4.87. The molecule has 5 nitrogen and oxygen atoms in total. The Morgan fingerprint density at radius 2 is 1.56 bits per heavy atom. The SMILES string of the molecule is CCc1ccc(CCC(=O)N2CCCN(C(=O)Cc3cc[nH]c3)CC2)cc1. The smallest absolute Gasteiger partial charge is 0.227 e. The van der Waals surface area contributed by atoms with Gasteiger partial charge < -0.3 is 14.8 Å². The molecule has 0 saturated carbocycles. The Morgan fingerprint density at radius 3 is 2.19 bits per heavy atom. The number of nitrogens with one attached hydrogen (secondary N) is 1. The van der Waals surface area contributed by atoms with E-state index in [-0.39, 0.29) is 11.8 Å². The van der Waals surface area contributed by atoms with Crippen LogP contribution in [-0.4, -0.2) is 52.8 Å². The Labute approximate surface area is 161 Å². The van der Waals surface area contributed by atoms with Gasteiger partial charge >= 0.3 is 0 Å². The summed E-state index contributed by atoms with van der Waals surface area (Å²) in [4.78, 5) is 31.9. The van der Waals surface area contributed by atoms with E-state index < -0.39 is 0 Å². The molecule has 1 saturated heterocycles. The molecule has 1 aliphatic heterocycles. The lowest BCUT2D eigenvalue weighted by Crippen LogP contribution is -2.38. The van der Waals surface area contributed by atoms with Crippen molar-refractivity contribution in [2.75, 3.05) is 26.2 Å². The van der Waals surface area contributed by atoms with Crippen LogP contribution >= 0.6 is 0 Å². The highest BCUT2D eigenvalue weighted by Crippen LogP contribution is 2.11. The summed E-state index contributed by atoms with van der Waals surface area (Å²) < 4.78 is 0. The zero-order chi connectivity index (χ0) is 19.1. The summed E-state index contributed by atoms with van der Waals surface area (Å²) in [5.74, 6) is 0.328. The van der Waals surface area contributed by atoms with E-state index in [9.17, 15) is 9.59 Å². The van der Waals surface area contributed by atoms with Crippen LogP contribution in [0.2, 0.25) is 0 Å². The predicted molar refractivity (Wildman–Crippen MR) is 106 cm³/mol. The fourth-order valence-corrected chi connectivity index (χ4v) is 3.52. The fraction of sp³-hybridized carbons (Fsp3) is 0.455. The summed E-state index contributed by atoms with van der Waals surface area (Å²) >= 11 is 0. The molecule has 1 aromatic heterocycles. The highest BCUT2D eigenvalue weighted by molar-refractivity contribution is 5.79. The van der Waals surface area contributed by atoms with Crippen LogP contribution in [0.15, 0.2) is 42.7 Å². The van der Waals surface area contributed by atoms with E-state index in [0.717, 1.165) is 37.9 Å². The van der Waals surface area contributed by atoms with Gasteiger partial charge in [0.15, 0.2) is 0 Å². The van der Waals surface area contributed by atoms with Gasteiger partial charge in [-0.25, -0.2) is 0 Å². The van der Waals surface area contributed by atoms with E-state index >= 15 is 0 Å². The number of hydrogen-bond acceptors (Lipinski definition) is 2. The van der Waals surface area contributed by atoms with Crippen LogP contribution < -0.4 is 0 Å². The van der Waals surface area contributed by atoms with E-state index in [1.807, 2.05) is 28.3 Å². The third kappa shape index (κ3) is 5.46. The number of nitrogens with zero attached hydrogens (tertiary/aromatic N) is 2. The highest BCUT2D eigenvalue weighted by atomic mass is 16.2. The summed E-state index contributed by atoms with van der Waals surface area (Å²) in [7, 11) is 0. The standard InChI is InChI=1S/C22H29N3O2/c1-2-18-4-6-19(7-5-18)8-9-21(26)24-12-3-13-25(15-14-24)22(27)16-20-10-11-23-17-20/h4-7,10-11,17,23H,2-3,8-9,12-16H2,1H3. The summed E-state index contributed by atoms with van der Waals surface area (Å²) in [5, 5.41) is 0. The van der Waals surface area contributed by atoms with Crippen molar-refractivity contribution in [2.24, 2.45) is 0 Å². The molecule has 27 heavy (non-hydrogen) atoms. The molecule has 5 heteroatoms. The normalized spacial score (nSPS) is 14.9. The molecule has 1 aliphatic rings. The van der Waals surface area contributed by atoms with E-state index in [2.05, 4.69) is 36.2 Å². The number of benzene rings is 1. The minimum Gasteiger partial charge on any atom is -0.367 e. The van der Waals surface area contributed by atoms with Crippen molar-refractivity contribution in [3.05, 3.63) is 59.4 Å². The van der Waals surface area contributed by atoms with Crippen molar-refractivity contribution < 1.29 is 9.59 Å². The number of aryl methyl sites for hydroxylation is 2. The Morgan fingerprint density at radius 1 is 0.889 bits per heavy atom. The van der Waals surface area contributed by atoms with Crippen LogP contribution in [-0.2, 0) is 28.9 Å². The van der Waals surface area contributed by atoms with Crippen molar-refractivity contribution in [3.63, 3.8) is 0 Å². The van der Waals surface area contributed by atoms with Gasteiger partial charge in [0, 0.05) is 45.0 Å². The molecule has 2 heterocycles. The number of amides is 2. The molecular weight excluding hydrogens is 338 g/mol. The Kier molecular flexibility index (Phi) is 6.69. The van der Waals surface area contributed by atoms with Crippen molar-refractivity contribution in [1.82, 2.24) is 14.8 Å². The van der Waals surface area contributed by atoms with Gasteiger partial charge in [0.1, 0.15) is 0 Å². The van der Waals surface area contributed by atoms with E-state index in [0.29, 0.717) is 25.9 Å². The maximum atomic E-state index is 12.6. The van der Waals surface area contributed by atoms with Crippen LogP contribution in [0.3, 0.4) is 0 Å². The van der Waals surface area contributed by atoms with Crippen molar-refractivity contribution in [3.8, 4) is 0 Å². The third-order valence-electron chi connectivity index (χ3n) is 5.28. The highest BCUT2D eigenvalue weighted by Gasteiger charge is 2.22. The number of rotatable bonds is 6. The lowest BCUT2D eigenvalue weighted by atomic mass is 10.1. The monoisotopic (exact) mass is 367 g/mol. The van der Waals surface area contributed by atoms with Gasteiger partial charge in [-0.2, -0.15) is 0 Å². The summed E-state index contributed by atoms with van der Waals surface area (Å²) in [6, 6.07) is 10.4. The van der Waals surface area contributed by atoms with Gasteiger partial charge in [-0.3, -0.25) is 9.59 Å². The van der Waals surface area contributed by atoms with Gasteiger partial charge in [0.2, 0.25) is 11.8 Å². The largest absolute Gasteiger partial charge is 0.367 e. The Hall–Kier alpha value is -2.56. The van der Waals surface area contributed by atoms with Gasteiger partial charge in [0.05, 0.1) is 6.42 Å². The van der Waals surface area contributed by atoms with Gasteiger partial charge in [-0.1, -0.05) is 31.2 Å². The predicted octanol–water partition coefficient (Wildman–Crippen LogP) is 2.81. The number of aromatic amines is 1. The minimum absolute atomic E-state index is 0.139. The number of carbonyl (C=O) groups excluding carboxylic acids is 2. The number of hydrogen-bond donors (Lipinski definition) is 1. The molecule has 3 rings (SSSR count). The first-order chi connectivity index (χ1) is 13.2. The second-order valence-electron chi connectivity index (χ2n) is 7.18. The molecule has 0 aliphatic carbocycles. The number of H-pyrrole nitrogens is 1. The third-order valence-corrected chi connectivity index (χ3v) is 5.28. The Bertz CT molecular complexity index is 737. The van der Waals surface area contributed by atoms with Crippen LogP contribution in [0.25, 0.3) is 0 Å². The lowest BCUT2D eigenvalue weighted by Gasteiger charge is -2.22. The molecule has 0 spiro atoms. The maximum Gasteiger partial charge on any atom is 0.227 e. The zero-order valence-corrected chi connectivity index (χ0v) is 16.1. The van der Waals surface area contributed by atoms with Gasteiger partial charge in [0.25, 0.3) is 0 Å². The number of aromatic nitrogens is 1. The van der Waals surface area contributed by atoms with E-state index in [1.54, 1.807) is 0 Å². The van der Waals surface area contributed by atoms with Crippen LogP contribution in [0.1, 0.15) is 36.5 Å². The van der Waals surface area contributed by atoms with Gasteiger partial charge in [-0.15, -0.1) is 0 Å². The molecule has 0 bridgehead atoms. The molecule has 0 unspecified atom stereocenters. The summed E-state index contributed by atoms with van der Waals surface area (Å²) in [6.07, 6.45) is 7.30. The topological polar surface area (TPSA) is 56.4 Å². The average Bonchev–Trinajstić information content (AvgIpc) is 3.07. The Balaban J connectivity index is 1.46. The minimum atomic E-state index is 0.139. The van der Waals surface area contributed by atoms with E-state index in [4.69, 9.17) is 0 Å². The zero-order valence-electron chi connectivity index (χ0n) is 16.1. The lowest BCUT2D eigenvalue weighted by molar-refractivity contribution is -0.133. The quantitative estimate of drug-likeness (QED) is 0.854. The number of carbonyl (C=O) groups is 2. The molecule has 1 aromatic carbocycles. The van der Waals surface area contributed by atoms with Crippen LogP contribution in [0.5, 0.6) is 0 Å². The summed E-state index contributed by atoms with van der Waals surface area (Å²) in [5.41, 5.74) is 3.53.